The van der Waals surface area contributed by atoms with Gasteiger partial charge in [0.1, 0.15) is 6.04 Å². The van der Waals surface area contributed by atoms with E-state index in [0.717, 1.165) is 53.7 Å². The van der Waals surface area contributed by atoms with Crippen molar-refractivity contribution in [1.29, 1.82) is 0 Å². The van der Waals surface area contributed by atoms with Gasteiger partial charge in [-0.05, 0) is 67.2 Å². The maximum Gasteiger partial charge on any atom is 0.249 e. The molecule has 7 nitrogen and oxygen atoms in total. The second kappa shape index (κ2) is 8.04. The summed E-state index contributed by atoms with van der Waals surface area (Å²) in [6.07, 6.45) is 5.43. The first kappa shape index (κ1) is 21.7. The summed E-state index contributed by atoms with van der Waals surface area (Å²) >= 11 is 0. The van der Waals surface area contributed by atoms with Crippen LogP contribution >= 0.6 is 0 Å². The fourth-order valence-corrected chi connectivity index (χ4v) is 5.34. The fraction of sp³-hybridized carbons (Fsp3) is 0.500. The summed E-state index contributed by atoms with van der Waals surface area (Å²) in [5, 5.41) is 9.02. The van der Waals surface area contributed by atoms with E-state index in [1.807, 2.05) is 25.1 Å². The van der Waals surface area contributed by atoms with Crippen LogP contribution in [0.5, 0.6) is 0 Å². The molecule has 1 saturated heterocycles. The predicted molar refractivity (Wildman–Crippen MR) is 129 cm³/mol. The number of amides is 2. The van der Waals surface area contributed by atoms with Crippen molar-refractivity contribution in [1.82, 2.24) is 20.1 Å². The maximum atomic E-state index is 13.0. The number of carbonyl (C=O) groups excluding carboxylic acids is 2. The molecule has 3 heterocycles. The number of fused-ring (bicyclic) bond motifs is 2. The Morgan fingerprint density at radius 3 is 2.85 bits per heavy atom. The van der Waals surface area contributed by atoms with Gasteiger partial charge in [-0.3, -0.25) is 14.7 Å². The third-order valence-corrected chi connectivity index (χ3v) is 7.42. The summed E-state index contributed by atoms with van der Waals surface area (Å²) in [5.41, 5.74) is 7.05. The lowest BCUT2D eigenvalue weighted by atomic mass is 9.76. The molecule has 2 N–H and O–H groups in total. The summed E-state index contributed by atoms with van der Waals surface area (Å²) in [6, 6.07) is 7.74. The molecule has 5 rings (SSSR count). The summed E-state index contributed by atoms with van der Waals surface area (Å²) in [7, 11) is 1.78. The zero-order valence-electron chi connectivity index (χ0n) is 20.0. The van der Waals surface area contributed by atoms with Crippen LogP contribution in [0.25, 0.3) is 10.9 Å². The zero-order valence-corrected chi connectivity index (χ0v) is 20.0. The Morgan fingerprint density at radius 2 is 2.09 bits per heavy atom. The van der Waals surface area contributed by atoms with Gasteiger partial charge >= 0.3 is 0 Å². The number of carbonyl (C=O) groups is 2. The monoisotopic (exact) mass is 447 g/mol. The molecule has 174 valence electrons. The maximum absolute atomic E-state index is 13.0. The Bertz CT molecular complexity index is 1220. The van der Waals surface area contributed by atoms with Crippen LogP contribution in [0, 0.1) is 5.41 Å². The van der Waals surface area contributed by atoms with Gasteiger partial charge in [0.25, 0.3) is 0 Å². The van der Waals surface area contributed by atoms with E-state index in [2.05, 4.69) is 35.1 Å². The Kier molecular flexibility index (Phi) is 5.30. The average Bonchev–Trinajstić information content (AvgIpc) is 3.49. The van der Waals surface area contributed by atoms with E-state index in [0.29, 0.717) is 18.4 Å². The molecular weight excluding hydrogens is 414 g/mol. The second-order valence-electron chi connectivity index (χ2n) is 10.5. The van der Waals surface area contributed by atoms with Gasteiger partial charge in [0, 0.05) is 49.0 Å². The Balaban J connectivity index is 1.34. The van der Waals surface area contributed by atoms with Gasteiger partial charge in [0.15, 0.2) is 0 Å². The third kappa shape index (κ3) is 4.05. The summed E-state index contributed by atoms with van der Waals surface area (Å²) in [4.78, 5) is 31.9. The number of nitrogens with one attached hydrogen (secondary N) is 2. The van der Waals surface area contributed by atoms with Crippen LogP contribution in [0.2, 0.25) is 0 Å². The lowest BCUT2D eigenvalue weighted by Gasteiger charge is -2.29. The summed E-state index contributed by atoms with van der Waals surface area (Å²) < 4.78 is 0. The first-order valence-electron chi connectivity index (χ1n) is 12.0. The molecule has 0 spiro atoms. The number of nitrogens with zero attached hydrogens (tertiary/aromatic N) is 3. The topological polar surface area (TPSA) is 85.1 Å². The highest BCUT2D eigenvalue weighted by Crippen LogP contribution is 2.35. The van der Waals surface area contributed by atoms with Crippen molar-refractivity contribution in [2.45, 2.75) is 65.3 Å². The van der Waals surface area contributed by atoms with E-state index >= 15 is 0 Å². The standard InChI is InChI=1S/C26H33N5O2/c1-16(31-11-5-6-24(31)32)25(33)30(4)19-8-7-17-12-18(27-21(17)14-19)13-22-20-9-10-26(2,3)15-23(20)29-28-22/h7-8,12,14,16,27H,5-6,9-11,13,15H2,1-4H3,(H,28,29). The minimum Gasteiger partial charge on any atom is -0.358 e. The number of hydrogen-bond donors (Lipinski definition) is 2. The molecule has 1 aliphatic heterocycles. The van der Waals surface area contributed by atoms with Gasteiger partial charge in [-0.1, -0.05) is 19.9 Å². The fourth-order valence-electron chi connectivity index (χ4n) is 5.34. The molecule has 2 aromatic heterocycles. The van der Waals surface area contributed by atoms with Crippen molar-refractivity contribution in [2.24, 2.45) is 5.41 Å². The molecule has 7 heteroatoms. The van der Waals surface area contributed by atoms with Crippen LogP contribution in [0.1, 0.15) is 62.7 Å². The first-order chi connectivity index (χ1) is 15.7. The number of benzene rings is 1. The highest BCUT2D eigenvalue weighted by molar-refractivity contribution is 6.00. The van der Waals surface area contributed by atoms with Crippen molar-refractivity contribution in [3.05, 3.63) is 46.9 Å². The van der Waals surface area contributed by atoms with Crippen molar-refractivity contribution in [3.63, 3.8) is 0 Å². The third-order valence-electron chi connectivity index (χ3n) is 7.42. The zero-order chi connectivity index (χ0) is 23.3. The number of hydrogen-bond acceptors (Lipinski definition) is 3. The highest BCUT2D eigenvalue weighted by Gasteiger charge is 2.32. The van der Waals surface area contributed by atoms with E-state index < -0.39 is 6.04 Å². The van der Waals surface area contributed by atoms with Crippen LogP contribution in [0.3, 0.4) is 0 Å². The van der Waals surface area contributed by atoms with Gasteiger partial charge in [0.05, 0.1) is 5.69 Å². The van der Waals surface area contributed by atoms with E-state index in [1.165, 1.54) is 17.7 Å². The normalized spacial score (nSPS) is 18.5. The molecule has 1 fully saturated rings. The number of rotatable bonds is 5. The molecule has 1 aromatic carbocycles. The quantitative estimate of drug-likeness (QED) is 0.621. The van der Waals surface area contributed by atoms with E-state index in [4.69, 9.17) is 0 Å². The highest BCUT2D eigenvalue weighted by atomic mass is 16.2. The van der Waals surface area contributed by atoms with E-state index in [1.54, 1.807) is 16.8 Å². The van der Waals surface area contributed by atoms with Crippen molar-refractivity contribution in [2.75, 3.05) is 18.5 Å². The first-order valence-corrected chi connectivity index (χ1v) is 12.0. The number of H-pyrrole nitrogens is 2. The lowest BCUT2D eigenvalue weighted by molar-refractivity contribution is -0.135. The van der Waals surface area contributed by atoms with Gasteiger partial charge < -0.3 is 14.8 Å². The number of likely N-dealkylation sites (tertiary alicyclic amines) is 1. The Labute approximate surface area is 194 Å². The summed E-state index contributed by atoms with van der Waals surface area (Å²) in [6.45, 7) is 7.11. The van der Waals surface area contributed by atoms with Crippen molar-refractivity contribution >= 4 is 28.4 Å². The molecule has 1 unspecified atom stereocenters. The average molecular weight is 448 g/mol. The predicted octanol–water partition coefficient (Wildman–Crippen LogP) is 3.97. The van der Waals surface area contributed by atoms with E-state index in [9.17, 15) is 9.59 Å². The molecule has 1 atom stereocenters. The SMILES string of the molecule is CC(C(=O)N(C)c1ccc2cc(Cc3n[nH]c4c3CCC(C)(C)C4)[nH]c2c1)N1CCCC1=O. The number of likely N-dealkylation sites (N-methyl/N-ethyl adjacent to an activating group) is 1. The number of aromatic amines is 2. The van der Waals surface area contributed by atoms with Crippen LogP contribution in [-0.4, -0.2) is 51.5 Å². The molecule has 2 amide bonds. The van der Waals surface area contributed by atoms with Crippen LogP contribution in [0.4, 0.5) is 5.69 Å². The van der Waals surface area contributed by atoms with Crippen LogP contribution in [0.15, 0.2) is 24.3 Å². The number of anilines is 1. The number of aromatic nitrogens is 3. The molecule has 3 aromatic rings. The van der Waals surface area contributed by atoms with Gasteiger partial charge in [0.2, 0.25) is 11.8 Å². The molecule has 33 heavy (non-hydrogen) atoms. The second-order valence-corrected chi connectivity index (χ2v) is 10.5. The van der Waals surface area contributed by atoms with Crippen molar-refractivity contribution in [3.8, 4) is 0 Å². The molecular formula is C26H33N5O2. The molecule has 1 aliphatic carbocycles. The minimum absolute atomic E-state index is 0.0672. The molecule has 0 saturated carbocycles. The van der Waals surface area contributed by atoms with Crippen LogP contribution < -0.4 is 4.90 Å². The van der Waals surface area contributed by atoms with Gasteiger partial charge in [-0.25, -0.2) is 0 Å². The minimum atomic E-state index is -0.448. The lowest BCUT2D eigenvalue weighted by Crippen LogP contribution is -2.46. The van der Waals surface area contributed by atoms with Gasteiger partial charge in [-0.15, -0.1) is 0 Å². The smallest absolute Gasteiger partial charge is 0.249 e. The van der Waals surface area contributed by atoms with Gasteiger partial charge in [-0.2, -0.15) is 5.10 Å². The Morgan fingerprint density at radius 1 is 1.27 bits per heavy atom. The Hall–Kier alpha value is -3.09. The molecule has 0 radical (unpaired) electrons. The van der Waals surface area contributed by atoms with Crippen LogP contribution in [-0.2, 0) is 28.9 Å². The molecule has 0 bridgehead atoms. The summed E-state index contributed by atoms with van der Waals surface area (Å²) in [5.74, 6) is 0.000263. The van der Waals surface area contributed by atoms with Crippen molar-refractivity contribution < 1.29 is 9.59 Å². The molecule has 2 aliphatic rings. The van der Waals surface area contributed by atoms with E-state index in [-0.39, 0.29) is 11.8 Å². The largest absolute Gasteiger partial charge is 0.358 e.